The molecule has 0 saturated heterocycles. The average Bonchev–Trinajstić information content (AvgIpc) is 2.37. The molecule has 0 unspecified atom stereocenters. The van der Waals surface area contributed by atoms with E-state index >= 15 is 0 Å². The fraction of sp³-hybridized carbons (Fsp3) is 0.750. The van der Waals surface area contributed by atoms with Gasteiger partial charge in [-0.1, -0.05) is 19.3 Å². The third-order valence-corrected chi connectivity index (χ3v) is 3.05. The molecule has 1 fully saturated rings. The zero-order valence-electron chi connectivity index (χ0n) is 10.1. The second kappa shape index (κ2) is 6.24. The third kappa shape index (κ3) is 3.45. The van der Waals surface area contributed by atoms with Crippen molar-refractivity contribution in [1.29, 1.82) is 5.26 Å². The van der Waals surface area contributed by atoms with Gasteiger partial charge in [-0.05, 0) is 19.8 Å². The summed E-state index contributed by atoms with van der Waals surface area (Å²) >= 11 is 0. The molecule has 0 aromatic carbocycles. The van der Waals surface area contributed by atoms with Crippen LogP contribution in [-0.4, -0.2) is 25.0 Å². The first kappa shape index (κ1) is 13.5. The summed E-state index contributed by atoms with van der Waals surface area (Å²) in [6.07, 6.45) is 4.01. The van der Waals surface area contributed by atoms with Gasteiger partial charge in [-0.15, -0.1) is 0 Å². The van der Waals surface area contributed by atoms with E-state index in [2.05, 4.69) is 11.4 Å². The molecular formula is C12H18N2O3. The first-order valence-corrected chi connectivity index (χ1v) is 6.00. The smallest absolute Gasteiger partial charge is 0.325 e. The molecule has 17 heavy (non-hydrogen) atoms. The van der Waals surface area contributed by atoms with Crippen LogP contribution in [0.2, 0.25) is 0 Å². The van der Waals surface area contributed by atoms with Gasteiger partial charge in [0, 0.05) is 0 Å². The second-order valence-electron chi connectivity index (χ2n) is 4.24. The highest BCUT2D eigenvalue weighted by atomic mass is 16.5. The van der Waals surface area contributed by atoms with Gasteiger partial charge in [0.25, 0.3) is 0 Å². The second-order valence-corrected chi connectivity index (χ2v) is 4.24. The zero-order valence-corrected chi connectivity index (χ0v) is 10.1. The van der Waals surface area contributed by atoms with Gasteiger partial charge in [0.05, 0.1) is 12.7 Å². The Balaban J connectivity index is 2.50. The molecule has 0 spiro atoms. The van der Waals surface area contributed by atoms with E-state index in [1.165, 1.54) is 0 Å². The lowest BCUT2D eigenvalue weighted by Crippen LogP contribution is -2.43. The molecule has 5 heteroatoms. The number of esters is 1. The fourth-order valence-electron chi connectivity index (χ4n) is 2.08. The molecule has 0 aliphatic heterocycles. The summed E-state index contributed by atoms with van der Waals surface area (Å²) in [6, 6.07) is 2.11. The van der Waals surface area contributed by atoms with Crippen LogP contribution in [0.3, 0.4) is 0 Å². The number of ether oxygens (including phenoxy) is 1. The van der Waals surface area contributed by atoms with Gasteiger partial charge in [0.2, 0.25) is 5.91 Å². The third-order valence-electron chi connectivity index (χ3n) is 3.05. The van der Waals surface area contributed by atoms with Gasteiger partial charge >= 0.3 is 5.97 Å². The molecule has 1 N–H and O–H groups in total. The Kier molecular flexibility index (Phi) is 4.95. The van der Waals surface area contributed by atoms with Gasteiger partial charge < -0.3 is 10.1 Å². The molecule has 0 atom stereocenters. The van der Waals surface area contributed by atoms with E-state index in [1.54, 1.807) is 6.92 Å². The molecule has 1 saturated carbocycles. The fourth-order valence-corrected chi connectivity index (χ4v) is 2.08. The van der Waals surface area contributed by atoms with E-state index in [9.17, 15) is 9.59 Å². The summed E-state index contributed by atoms with van der Waals surface area (Å²) in [7, 11) is 0. The Morgan fingerprint density at radius 1 is 1.35 bits per heavy atom. The maximum absolute atomic E-state index is 11.9. The number of nitriles is 1. The number of nitrogens with zero attached hydrogens (tertiary/aromatic N) is 1. The minimum absolute atomic E-state index is 0.157. The van der Waals surface area contributed by atoms with E-state index in [-0.39, 0.29) is 19.1 Å². The highest BCUT2D eigenvalue weighted by Crippen LogP contribution is 2.35. The number of hydrogen-bond acceptors (Lipinski definition) is 4. The molecule has 0 bridgehead atoms. The SMILES string of the molecule is CCOC(=O)CNC(=O)C1(C#N)CCCCC1. The average molecular weight is 238 g/mol. The van der Waals surface area contributed by atoms with Crippen LogP contribution in [0.15, 0.2) is 0 Å². The monoisotopic (exact) mass is 238 g/mol. The Morgan fingerprint density at radius 2 is 2.00 bits per heavy atom. The zero-order chi connectivity index (χ0) is 12.7. The van der Waals surface area contributed by atoms with Crippen LogP contribution in [0.1, 0.15) is 39.0 Å². The van der Waals surface area contributed by atoms with Crippen LogP contribution in [0, 0.1) is 16.7 Å². The Bertz CT molecular complexity index is 327. The van der Waals surface area contributed by atoms with Crippen molar-refractivity contribution >= 4 is 11.9 Å². The van der Waals surface area contributed by atoms with E-state index in [0.717, 1.165) is 19.3 Å². The van der Waals surface area contributed by atoms with Gasteiger partial charge in [-0.25, -0.2) is 0 Å². The van der Waals surface area contributed by atoms with Crippen molar-refractivity contribution in [3.05, 3.63) is 0 Å². The quantitative estimate of drug-likeness (QED) is 0.745. The van der Waals surface area contributed by atoms with Gasteiger partial charge in [-0.3, -0.25) is 9.59 Å². The number of carbonyl (C=O) groups is 2. The molecule has 5 nitrogen and oxygen atoms in total. The lowest BCUT2D eigenvalue weighted by molar-refractivity contribution is -0.144. The summed E-state index contributed by atoms with van der Waals surface area (Å²) in [6.45, 7) is 1.84. The summed E-state index contributed by atoms with van der Waals surface area (Å²) in [5.41, 5.74) is -0.940. The van der Waals surface area contributed by atoms with Gasteiger partial charge in [0.15, 0.2) is 0 Å². The van der Waals surface area contributed by atoms with E-state index < -0.39 is 11.4 Å². The number of carbonyl (C=O) groups excluding carboxylic acids is 2. The predicted molar refractivity (Wildman–Crippen MR) is 60.8 cm³/mol. The van der Waals surface area contributed by atoms with E-state index in [1.807, 2.05) is 0 Å². The van der Waals surface area contributed by atoms with Gasteiger partial charge in [0.1, 0.15) is 12.0 Å². The van der Waals surface area contributed by atoms with Crippen LogP contribution in [0.5, 0.6) is 0 Å². The molecule has 1 aliphatic carbocycles. The van der Waals surface area contributed by atoms with Crippen LogP contribution < -0.4 is 5.32 Å². The Hall–Kier alpha value is -1.57. The van der Waals surface area contributed by atoms with Crippen molar-refractivity contribution in [1.82, 2.24) is 5.32 Å². The summed E-state index contributed by atoms with van der Waals surface area (Å²) in [5, 5.41) is 11.6. The lowest BCUT2D eigenvalue weighted by atomic mass is 9.74. The number of amides is 1. The molecule has 0 radical (unpaired) electrons. The summed E-state index contributed by atoms with van der Waals surface area (Å²) < 4.78 is 4.71. The largest absolute Gasteiger partial charge is 0.465 e. The normalized spacial score (nSPS) is 17.9. The maximum atomic E-state index is 11.9. The Labute approximate surface area is 101 Å². The molecule has 94 valence electrons. The van der Waals surface area contributed by atoms with Gasteiger partial charge in [-0.2, -0.15) is 5.26 Å². The first-order valence-electron chi connectivity index (χ1n) is 6.00. The molecule has 0 aromatic rings. The first-order chi connectivity index (χ1) is 8.14. The minimum Gasteiger partial charge on any atom is -0.465 e. The number of rotatable bonds is 4. The van der Waals surface area contributed by atoms with Crippen molar-refractivity contribution < 1.29 is 14.3 Å². The number of hydrogen-bond donors (Lipinski definition) is 1. The van der Waals surface area contributed by atoms with E-state index in [4.69, 9.17) is 10.00 Å². The topological polar surface area (TPSA) is 79.2 Å². The summed E-state index contributed by atoms with van der Waals surface area (Å²) in [5.74, 6) is -0.808. The molecule has 1 aliphatic rings. The lowest BCUT2D eigenvalue weighted by Gasteiger charge is -2.28. The van der Waals surface area contributed by atoms with Crippen molar-refractivity contribution in [3.8, 4) is 6.07 Å². The number of nitrogens with one attached hydrogen (secondary N) is 1. The minimum atomic E-state index is -0.940. The van der Waals surface area contributed by atoms with Crippen molar-refractivity contribution in [2.45, 2.75) is 39.0 Å². The maximum Gasteiger partial charge on any atom is 0.325 e. The molecular weight excluding hydrogens is 220 g/mol. The highest BCUT2D eigenvalue weighted by Gasteiger charge is 2.39. The predicted octanol–water partition coefficient (Wildman–Crippen LogP) is 1.14. The Morgan fingerprint density at radius 3 is 2.53 bits per heavy atom. The molecule has 0 aromatic heterocycles. The van der Waals surface area contributed by atoms with Crippen molar-refractivity contribution in [2.75, 3.05) is 13.2 Å². The molecule has 1 rings (SSSR count). The van der Waals surface area contributed by atoms with Crippen LogP contribution in [0.4, 0.5) is 0 Å². The standard InChI is InChI=1S/C12H18N2O3/c1-2-17-10(15)8-14-11(16)12(9-13)6-4-3-5-7-12/h2-8H2,1H3,(H,14,16). The van der Waals surface area contributed by atoms with Crippen LogP contribution in [-0.2, 0) is 14.3 Å². The van der Waals surface area contributed by atoms with E-state index in [0.29, 0.717) is 12.8 Å². The molecule has 1 amide bonds. The molecule has 0 heterocycles. The summed E-state index contributed by atoms with van der Waals surface area (Å²) in [4.78, 5) is 23.0. The highest BCUT2D eigenvalue weighted by molar-refractivity contribution is 5.88. The van der Waals surface area contributed by atoms with Crippen LogP contribution >= 0.6 is 0 Å². The van der Waals surface area contributed by atoms with Crippen LogP contribution in [0.25, 0.3) is 0 Å². The van der Waals surface area contributed by atoms with Crippen molar-refractivity contribution in [3.63, 3.8) is 0 Å². The van der Waals surface area contributed by atoms with Crippen molar-refractivity contribution in [2.24, 2.45) is 5.41 Å².